The van der Waals surface area contributed by atoms with Gasteiger partial charge in [-0.15, -0.1) is 11.3 Å². The second-order valence-electron chi connectivity index (χ2n) is 6.07. The molecule has 0 spiro atoms. The lowest BCUT2D eigenvalue weighted by molar-refractivity contribution is -0.301. The van der Waals surface area contributed by atoms with E-state index >= 15 is 0 Å². The van der Waals surface area contributed by atoms with Crippen molar-refractivity contribution in [2.24, 2.45) is 5.14 Å². The molecule has 0 bridgehead atoms. The maximum absolute atomic E-state index is 11.4. The molecular formula is C15H20N2O9S2. The van der Waals surface area contributed by atoms with Gasteiger partial charge in [-0.2, -0.15) is 0 Å². The van der Waals surface area contributed by atoms with Gasteiger partial charge in [-0.3, -0.25) is 0 Å². The summed E-state index contributed by atoms with van der Waals surface area (Å²) in [6, 6.07) is 4.80. The number of primary sulfonamides is 1. The third kappa shape index (κ3) is 4.59. The van der Waals surface area contributed by atoms with E-state index in [-0.39, 0.29) is 17.6 Å². The van der Waals surface area contributed by atoms with E-state index in [0.29, 0.717) is 16.0 Å². The first-order chi connectivity index (χ1) is 13.2. The molecule has 1 fully saturated rings. The maximum Gasteiger partial charge on any atom is 0.265 e. The Morgan fingerprint density at radius 2 is 1.93 bits per heavy atom. The number of hydrogen-bond acceptors (Lipinski definition) is 11. The fourth-order valence-electron chi connectivity index (χ4n) is 2.62. The third-order valence-electron chi connectivity index (χ3n) is 4.07. The number of aliphatic hydroxyl groups is 4. The Morgan fingerprint density at radius 1 is 1.18 bits per heavy atom. The van der Waals surface area contributed by atoms with Crippen molar-refractivity contribution in [3.8, 4) is 5.75 Å². The second kappa shape index (κ2) is 8.52. The molecule has 5 atom stereocenters. The highest BCUT2D eigenvalue weighted by Gasteiger charge is 2.43. The first kappa shape index (κ1) is 21.3. The van der Waals surface area contributed by atoms with Crippen molar-refractivity contribution in [3.63, 3.8) is 0 Å². The fourth-order valence-corrected chi connectivity index (χ4v) is 4.31. The van der Waals surface area contributed by atoms with Gasteiger partial charge < -0.3 is 34.6 Å². The molecule has 11 nitrogen and oxygen atoms in total. The van der Waals surface area contributed by atoms with Crippen LogP contribution in [-0.4, -0.2) is 84.4 Å². The molecule has 6 N–H and O–H groups in total. The molecule has 0 unspecified atom stereocenters. The van der Waals surface area contributed by atoms with Gasteiger partial charge in [0.15, 0.2) is 6.29 Å². The van der Waals surface area contributed by atoms with Crippen molar-refractivity contribution in [1.82, 2.24) is 4.98 Å². The Labute approximate surface area is 164 Å². The molecule has 0 aliphatic carbocycles. The number of nitrogens with two attached hydrogens (primary N) is 1. The predicted molar refractivity (Wildman–Crippen MR) is 96.2 cm³/mol. The molecule has 2 heterocycles. The van der Waals surface area contributed by atoms with Gasteiger partial charge in [0.25, 0.3) is 10.0 Å². The summed E-state index contributed by atoms with van der Waals surface area (Å²) in [6.07, 6.45) is -6.74. The van der Waals surface area contributed by atoms with Crippen molar-refractivity contribution in [3.05, 3.63) is 18.2 Å². The summed E-state index contributed by atoms with van der Waals surface area (Å²) >= 11 is 0.920. The van der Waals surface area contributed by atoms with Crippen LogP contribution < -0.4 is 9.88 Å². The van der Waals surface area contributed by atoms with Crippen LogP contribution in [0.5, 0.6) is 5.75 Å². The summed E-state index contributed by atoms with van der Waals surface area (Å²) in [6.45, 7) is -0.510. The van der Waals surface area contributed by atoms with Crippen LogP contribution in [0.1, 0.15) is 0 Å². The van der Waals surface area contributed by atoms with Crippen LogP contribution >= 0.6 is 11.3 Å². The molecular weight excluding hydrogens is 416 g/mol. The lowest BCUT2D eigenvalue weighted by Gasteiger charge is -2.39. The lowest BCUT2D eigenvalue weighted by Crippen LogP contribution is -2.59. The summed E-state index contributed by atoms with van der Waals surface area (Å²) in [5.41, 5.74) is 0.471. The van der Waals surface area contributed by atoms with E-state index in [9.17, 15) is 23.7 Å². The first-order valence-electron chi connectivity index (χ1n) is 8.19. The zero-order chi connectivity index (χ0) is 20.5. The highest BCUT2D eigenvalue weighted by Crippen LogP contribution is 2.28. The number of fused-ring (bicyclic) bond motifs is 1. The smallest absolute Gasteiger partial charge is 0.265 e. The fraction of sp³-hybridized carbons (Fsp3) is 0.533. The van der Waals surface area contributed by atoms with Gasteiger partial charge in [-0.1, -0.05) is 0 Å². The Bertz CT molecular complexity index is 917. The van der Waals surface area contributed by atoms with Gasteiger partial charge in [0.1, 0.15) is 36.8 Å². The van der Waals surface area contributed by atoms with Gasteiger partial charge in [0.05, 0.1) is 23.4 Å². The number of aliphatic hydroxyl groups excluding tert-OH is 4. The molecule has 0 radical (unpaired) electrons. The summed E-state index contributed by atoms with van der Waals surface area (Å²) in [7, 11) is -3.88. The van der Waals surface area contributed by atoms with E-state index in [2.05, 4.69) is 4.98 Å². The molecule has 0 saturated carbocycles. The molecule has 1 aromatic carbocycles. The number of benzene rings is 1. The molecule has 1 aromatic heterocycles. The summed E-state index contributed by atoms with van der Waals surface area (Å²) in [5.74, 6) is 0.439. The molecule has 1 saturated heterocycles. The zero-order valence-corrected chi connectivity index (χ0v) is 16.0. The minimum atomic E-state index is -3.88. The molecule has 156 valence electrons. The van der Waals surface area contributed by atoms with Crippen LogP contribution in [0.25, 0.3) is 10.2 Å². The molecule has 1 aliphatic rings. The molecule has 0 amide bonds. The third-order valence-corrected chi connectivity index (χ3v) is 6.40. The maximum atomic E-state index is 11.4. The summed E-state index contributed by atoms with van der Waals surface area (Å²) in [5, 5.41) is 43.5. The van der Waals surface area contributed by atoms with Crippen molar-refractivity contribution < 1.29 is 43.1 Å². The van der Waals surface area contributed by atoms with Crippen LogP contribution in [0.15, 0.2) is 22.5 Å². The summed E-state index contributed by atoms with van der Waals surface area (Å²) < 4.78 is 39.2. The molecule has 3 rings (SSSR count). The topological polar surface area (TPSA) is 182 Å². The number of aromatic nitrogens is 1. The second-order valence-corrected chi connectivity index (χ2v) is 8.84. The zero-order valence-electron chi connectivity index (χ0n) is 14.4. The number of rotatable bonds is 7. The highest BCUT2D eigenvalue weighted by molar-refractivity contribution is 7.91. The van der Waals surface area contributed by atoms with Gasteiger partial charge in [-0.25, -0.2) is 18.5 Å². The Hall–Kier alpha value is -1.42. The molecule has 13 heteroatoms. The van der Waals surface area contributed by atoms with Gasteiger partial charge >= 0.3 is 0 Å². The van der Waals surface area contributed by atoms with Gasteiger partial charge in [-0.05, 0) is 18.2 Å². The lowest BCUT2D eigenvalue weighted by atomic mass is 9.99. The minimum Gasteiger partial charge on any atom is -0.491 e. The van der Waals surface area contributed by atoms with Gasteiger partial charge in [0, 0.05) is 0 Å². The van der Waals surface area contributed by atoms with Crippen LogP contribution in [-0.2, 0) is 19.5 Å². The largest absolute Gasteiger partial charge is 0.491 e. The van der Waals surface area contributed by atoms with E-state index in [1.165, 1.54) is 0 Å². The number of thiazole rings is 1. The number of ether oxygens (including phenoxy) is 3. The van der Waals surface area contributed by atoms with E-state index in [0.717, 1.165) is 11.3 Å². The standard InChI is InChI=1S/C15H20N2O9S2/c16-28(22,23)15-17-8-2-1-7(5-10(8)27-15)24-3-4-25-14-13(21)12(20)11(19)9(6-18)26-14/h1-2,5,9,11-14,18-21H,3-4,6H2,(H2,16,22,23)/t9-,11-,12+,13-,14-/m1/s1. The molecule has 1 aliphatic heterocycles. The predicted octanol–water partition coefficient (Wildman–Crippen LogP) is -1.86. The average Bonchev–Trinajstić information content (AvgIpc) is 3.09. The van der Waals surface area contributed by atoms with Crippen molar-refractivity contribution in [1.29, 1.82) is 0 Å². The Morgan fingerprint density at radius 3 is 2.61 bits per heavy atom. The number of sulfonamides is 1. The minimum absolute atomic E-state index is 0.0220. The van der Waals surface area contributed by atoms with Gasteiger partial charge in [0.2, 0.25) is 4.34 Å². The summed E-state index contributed by atoms with van der Waals surface area (Å²) in [4.78, 5) is 3.94. The Kier molecular flexibility index (Phi) is 6.48. The van der Waals surface area contributed by atoms with Crippen molar-refractivity contribution >= 4 is 31.6 Å². The normalized spacial score (nSPS) is 28.5. The van der Waals surface area contributed by atoms with E-state index < -0.39 is 47.3 Å². The monoisotopic (exact) mass is 436 g/mol. The van der Waals surface area contributed by atoms with E-state index in [1.54, 1.807) is 18.2 Å². The molecule has 28 heavy (non-hydrogen) atoms. The average molecular weight is 436 g/mol. The molecule has 2 aromatic rings. The van der Waals surface area contributed by atoms with Crippen molar-refractivity contribution in [2.75, 3.05) is 19.8 Å². The highest BCUT2D eigenvalue weighted by atomic mass is 32.2. The van der Waals surface area contributed by atoms with Crippen molar-refractivity contribution in [2.45, 2.75) is 35.0 Å². The van der Waals surface area contributed by atoms with Crippen LogP contribution in [0.2, 0.25) is 0 Å². The number of hydrogen-bond donors (Lipinski definition) is 5. The van der Waals surface area contributed by atoms with E-state index in [4.69, 9.17) is 24.5 Å². The SMILES string of the molecule is NS(=O)(=O)c1nc2ccc(OCCO[C@@H]3O[C@H](CO)[C@@H](O)[C@H](O)[C@H]3O)cc2s1. The van der Waals surface area contributed by atoms with Crippen LogP contribution in [0.3, 0.4) is 0 Å². The van der Waals surface area contributed by atoms with Crippen LogP contribution in [0, 0.1) is 0 Å². The van der Waals surface area contributed by atoms with E-state index in [1.807, 2.05) is 0 Å². The number of nitrogens with zero attached hydrogens (tertiary/aromatic N) is 1. The Balaban J connectivity index is 1.55. The van der Waals surface area contributed by atoms with Crippen LogP contribution in [0.4, 0.5) is 0 Å². The quantitative estimate of drug-likeness (QED) is 0.309. The first-order valence-corrected chi connectivity index (χ1v) is 10.6.